The Morgan fingerprint density at radius 1 is 1.50 bits per heavy atom. The third-order valence-corrected chi connectivity index (χ3v) is 2.03. The van der Waals surface area contributed by atoms with E-state index in [1.807, 2.05) is 6.07 Å². The number of methoxy groups -OCH3 is 1. The van der Waals surface area contributed by atoms with Crippen LogP contribution in [0.2, 0.25) is 0 Å². The van der Waals surface area contributed by atoms with E-state index in [-0.39, 0.29) is 0 Å². The predicted octanol–water partition coefficient (Wildman–Crippen LogP) is 0.393. The molecule has 0 radical (unpaired) electrons. The molecule has 92 valence electrons. The molecule has 2 N–H and O–H groups in total. The fourth-order valence-electron chi connectivity index (χ4n) is 1.20. The quantitative estimate of drug-likeness (QED) is 0.600. The average molecular weight is 229 g/mol. The Morgan fingerprint density at radius 3 is 3.06 bits per heavy atom. The zero-order chi connectivity index (χ0) is 11.6. The zero-order valence-corrected chi connectivity index (χ0v) is 9.52. The largest absolute Gasteiger partial charge is 0.472 e. The first-order valence-corrected chi connectivity index (χ1v) is 5.29. The number of rotatable bonds is 9. The molecule has 1 aromatic rings. The SMILES string of the molecule is COCCOCC(O)CNCc1ccoc1. The fourth-order valence-corrected chi connectivity index (χ4v) is 1.20. The van der Waals surface area contributed by atoms with Gasteiger partial charge in [0.05, 0.1) is 38.5 Å². The normalized spacial score (nSPS) is 12.9. The van der Waals surface area contributed by atoms with Crippen molar-refractivity contribution in [2.75, 3.05) is 33.5 Å². The van der Waals surface area contributed by atoms with Gasteiger partial charge in [-0.2, -0.15) is 0 Å². The van der Waals surface area contributed by atoms with Crippen LogP contribution in [0, 0.1) is 0 Å². The van der Waals surface area contributed by atoms with Crippen LogP contribution in [0.1, 0.15) is 5.56 Å². The van der Waals surface area contributed by atoms with Gasteiger partial charge >= 0.3 is 0 Å². The van der Waals surface area contributed by atoms with Gasteiger partial charge in [-0.15, -0.1) is 0 Å². The van der Waals surface area contributed by atoms with E-state index in [4.69, 9.17) is 13.9 Å². The summed E-state index contributed by atoms with van der Waals surface area (Å²) in [4.78, 5) is 0. The van der Waals surface area contributed by atoms with Crippen LogP contribution in [0.3, 0.4) is 0 Å². The van der Waals surface area contributed by atoms with Crippen molar-refractivity contribution in [2.24, 2.45) is 0 Å². The maximum absolute atomic E-state index is 9.53. The topological polar surface area (TPSA) is 63.9 Å². The Morgan fingerprint density at radius 2 is 2.38 bits per heavy atom. The van der Waals surface area contributed by atoms with E-state index in [2.05, 4.69) is 5.32 Å². The second-order valence-electron chi connectivity index (χ2n) is 3.48. The van der Waals surface area contributed by atoms with Gasteiger partial charge in [0.2, 0.25) is 0 Å². The van der Waals surface area contributed by atoms with Crippen molar-refractivity contribution in [3.8, 4) is 0 Å². The maximum atomic E-state index is 9.53. The molecule has 0 saturated carbocycles. The first-order chi connectivity index (χ1) is 7.83. The van der Waals surface area contributed by atoms with Crippen LogP contribution >= 0.6 is 0 Å². The second-order valence-corrected chi connectivity index (χ2v) is 3.48. The standard InChI is InChI=1S/C11H19NO4/c1-14-4-5-16-9-11(13)7-12-6-10-2-3-15-8-10/h2-3,8,11-13H,4-7,9H2,1H3. The summed E-state index contributed by atoms with van der Waals surface area (Å²) in [5, 5.41) is 12.6. The smallest absolute Gasteiger partial charge is 0.0947 e. The number of furan rings is 1. The van der Waals surface area contributed by atoms with Gasteiger partial charge in [-0.3, -0.25) is 0 Å². The molecule has 0 amide bonds. The van der Waals surface area contributed by atoms with E-state index in [0.29, 0.717) is 32.9 Å². The highest BCUT2D eigenvalue weighted by molar-refractivity contribution is 5.04. The van der Waals surface area contributed by atoms with Crippen LogP contribution < -0.4 is 5.32 Å². The Balaban J connectivity index is 1.95. The monoisotopic (exact) mass is 229 g/mol. The summed E-state index contributed by atoms with van der Waals surface area (Å²) in [5.74, 6) is 0. The summed E-state index contributed by atoms with van der Waals surface area (Å²) in [6, 6.07) is 1.88. The molecular weight excluding hydrogens is 210 g/mol. The van der Waals surface area contributed by atoms with Gasteiger partial charge in [0.1, 0.15) is 0 Å². The molecule has 1 aromatic heterocycles. The summed E-state index contributed by atoms with van der Waals surface area (Å²) in [5.41, 5.74) is 1.06. The lowest BCUT2D eigenvalue weighted by atomic mass is 10.3. The van der Waals surface area contributed by atoms with Gasteiger partial charge in [0.25, 0.3) is 0 Å². The van der Waals surface area contributed by atoms with Crippen molar-refractivity contribution in [1.82, 2.24) is 5.32 Å². The Kier molecular flexibility index (Phi) is 6.83. The summed E-state index contributed by atoms with van der Waals surface area (Å²) in [6.45, 7) is 2.57. The highest BCUT2D eigenvalue weighted by Gasteiger charge is 2.03. The number of hydrogen-bond acceptors (Lipinski definition) is 5. The minimum Gasteiger partial charge on any atom is -0.472 e. The lowest BCUT2D eigenvalue weighted by Gasteiger charge is -2.11. The molecule has 5 heteroatoms. The lowest BCUT2D eigenvalue weighted by Crippen LogP contribution is -2.30. The summed E-state index contributed by atoms with van der Waals surface area (Å²) in [7, 11) is 1.62. The highest BCUT2D eigenvalue weighted by atomic mass is 16.5. The van der Waals surface area contributed by atoms with Crippen LogP contribution in [-0.2, 0) is 16.0 Å². The van der Waals surface area contributed by atoms with Crippen molar-refractivity contribution in [3.05, 3.63) is 24.2 Å². The van der Waals surface area contributed by atoms with Gasteiger partial charge in [0.15, 0.2) is 0 Å². The van der Waals surface area contributed by atoms with Crippen LogP contribution in [0.4, 0.5) is 0 Å². The van der Waals surface area contributed by atoms with E-state index in [1.165, 1.54) is 0 Å². The zero-order valence-electron chi connectivity index (χ0n) is 9.52. The molecule has 1 atom stereocenters. The van der Waals surface area contributed by atoms with Crippen LogP contribution in [0.5, 0.6) is 0 Å². The Bertz CT molecular complexity index is 250. The molecule has 0 aliphatic rings. The molecule has 1 unspecified atom stereocenters. The molecule has 0 aliphatic carbocycles. The minimum absolute atomic E-state index is 0.321. The van der Waals surface area contributed by atoms with Crippen molar-refractivity contribution < 1.29 is 19.0 Å². The number of ether oxygens (including phenoxy) is 2. The number of hydrogen-bond donors (Lipinski definition) is 2. The van der Waals surface area contributed by atoms with E-state index >= 15 is 0 Å². The molecule has 0 aromatic carbocycles. The van der Waals surface area contributed by atoms with Gasteiger partial charge in [-0.1, -0.05) is 0 Å². The molecule has 5 nitrogen and oxygen atoms in total. The number of aliphatic hydroxyl groups excluding tert-OH is 1. The van der Waals surface area contributed by atoms with Gasteiger partial charge in [-0.25, -0.2) is 0 Å². The molecule has 1 heterocycles. The molecular formula is C11H19NO4. The first kappa shape index (κ1) is 13.2. The van der Waals surface area contributed by atoms with Crippen molar-refractivity contribution in [1.29, 1.82) is 0 Å². The van der Waals surface area contributed by atoms with Gasteiger partial charge in [0, 0.05) is 25.8 Å². The van der Waals surface area contributed by atoms with Crippen molar-refractivity contribution in [2.45, 2.75) is 12.6 Å². The Hall–Kier alpha value is -0.880. The first-order valence-electron chi connectivity index (χ1n) is 5.29. The molecule has 0 fully saturated rings. The minimum atomic E-state index is -0.497. The van der Waals surface area contributed by atoms with Crippen LogP contribution in [-0.4, -0.2) is 44.7 Å². The third kappa shape index (κ3) is 5.87. The molecule has 16 heavy (non-hydrogen) atoms. The van der Waals surface area contributed by atoms with Crippen molar-refractivity contribution in [3.63, 3.8) is 0 Å². The molecule has 0 bridgehead atoms. The van der Waals surface area contributed by atoms with E-state index in [0.717, 1.165) is 5.56 Å². The number of nitrogens with one attached hydrogen (secondary N) is 1. The van der Waals surface area contributed by atoms with Crippen LogP contribution in [0.15, 0.2) is 23.0 Å². The molecule has 0 aliphatic heterocycles. The lowest BCUT2D eigenvalue weighted by molar-refractivity contribution is 0.0137. The fraction of sp³-hybridized carbons (Fsp3) is 0.636. The van der Waals surface area contributed by atoms with E-state index < -0.39 is 6.10 Å². The predicted molar refractivity (Wildman–Crippen MR) is 59.1 cm³/mol. The van der Waals surface area contributed by atoms with Crippen molar-refractivity contribution >= 4 is 0 Å². The summed E-state index contributed by atoms with van der Waals surface area (Å²) >= 11 is 0. The highest BCUT2D eigenvalue weighted by Crippen LogP contribution is 1.98. The number of aliphatic hydroxyl groups is 1. The third-order valence-electron chi connectivity index (χ3n) is 2.03. The molecule has 0 saturated heterocycles. The Labute approximate surface area is 95.4 Å². The van der Waals surface area contributed by atoms with Crippen LogP contribution in [0.25, 0.3) is 0 Å². The summed E-state index contributed by atoms with van der Waals surface area (Å²) in [6.07, 6.45) is 2.80. The van der Waals surface area contributed by atoms with E-state index in [9.17, 15) is 5.11 Å². The van der Waals surface area contributed by atoms with Gasteiger partial charge < -0.3 is 24.3 Å². The second kappa shape index (κ2) is 8.29. The van der Waals surface area contributed by atoms with Gasteiger partial charge in [-0.05, 0) is 6.07 Å². The van der Waals surface area contributed by atoms with E-state index in [1.54, 1.807) is 19.6 Å². The summed E-state index contributed by atoms with van der Waals surface area (Å²) < 4.78 is 14.9. The molecule has 1 rings (SSSR count). The maximum Gasteiger partial charge on any atom is 0.0947 e. The molecule has 0 spiro atoms. The average Bonchev–Trinajstić information content (AvgIpc) is 2.77.